The second-order valence-corrected chi connectivity index (χ2v) is 9.58. The number of aliphatic imine (C=N–C) groups is 1. The van der Waals surface area contributed by atoms with Crippen molar-refractivity contribution >= 4 is 17.5 Å². The van der Waals surface area contributed by atoms with E-state index in [4.69, 9.17) is 14.5 Å². The maximum Gasteiger partial charge on any atom is 0.148 e. The summed E-state index contributed by atoms with van der Waals surface area (Å²) in [7, 11) is 0. The van der Waals surface area contributed by atoms with Crippen LogP contribution in [0, 0.1) is 5.92 Å². The topological polar surface area (TPSA) is 37.3 Å². The summed E-state index contributed by atoms with van der Waals surface area (Å²) in [5, 5.41) is 0. The Balaban J connectivity index is 1.27. The van der Waals surface area contributed by atoms with Crippen molar-refractivity contribution in [3.05, 3.63) is 77.7 Å². The van der Waals surface area contributed by atoms with E-state index in [0.29, 0.717) is 6.73 Å². The Kier molecular flexibility index (Phi) is 7.24. The van der Waals surface area contributed by atoms with Gasteiger partial charge in [0.2, 0.25) is 0 Å². The van der Waals surface area contributed by atoms with Gasteiger partial charge in [-0.05, 0) is 36.7 Å². The molecule has 1 aliphatic carbocycles. The molecule has 32 heavy (non-hydrogen) atoms. The molecule has 1 unspecified atom stereocenters. The number of rotatable bonds is 7. The van der Waals surface area contributed by atoms with Crippen LogP contribution < -0.4 is 0 Å². The summed E-state index contributed by atoms with van der Waals surface area (Å²) in [5.74, 6) is 2.13. The number of benzene rings is 1. The van der Waals surface area contributed by atoms with Gasteiger partial charge in [0.05, 0.1) is 18.9 Å². The third-order valence-corrected chi connectivity index (χ3v) is 7.36. The second kappa shape index (κ2) is 10.7. The summed E-state index contributed by atoms with van der Waals surface area (Å²) in [6.45, 7) is 7.59. The van der Waals surface area contributed by atoms with E-state index in [1.807, 2.05) is 24.0 Å². The van der Waals surface area contributed by atoms with Crippen molar-refractivity contribution in [3.63, 3.8) is 0 Å². The van der Waals surface area contributed by atoms with Crippen LogP contribution in [0.1, 0.15) is 6.42 Å². The van der Waals surface area contributed by atoms with Crippen LogP contribution in [0.15, 0.2) is 87.6 Å². The molecule has 168 valence electrons. The largest absolute Gasteiger partial charge is 0.476 e. The molecule has 1 aromatic rings. The maximum absolute atomic E-state index is 6.30. The number of hydrogen-bond acceptors (Lipinski definition) is 6. The lowest BCUT2D eigenvalue weighted by Gasteiger charge is -2.35. The highest BCUT2D eigenvalue weighted by Crippen LogP contribution is 2.35. The predicted octanol–water partition coefficient (Wildman–Crippen LogP) is 4.13. The van der Waals surface area contributed by atoms with Crippen LogP contribution in [0.4, 0.5) is 0 Å². The first-order valence-corrected chi connectivity index (χ1v) is 12.5. The summed E-state index contributed by atoms with van der Waals surface area (Å²) in [5.41, 5.74) is 3.73. The molecule has 5 nitrogen and oxygen atoms in total. The molecule has 4 aliphatic rings. The van der Waals surface area contributed by atoms with Crippen LogP contribution >= 0.6 is 11.8 Å². The zero-order chi connectivity index (χ0) is 21.6. The van der Waals surface area contributed by atoms with Crippen LogP contribution in [0.2, 0.25) is 0 Å². The molecule has 1 saturated heterocycles. The number of fused-ring (bicyclic) bond motifs is 2. The standard InChI is InChI=1S/C26H31N3O2S/c1-2-7-23(8-3-1)32-19-22-17-21-18-29(12-6-11-28-13-15-30-16-14-28)20-31-26(21)25-24(22)9-4-5-10-27-25/h1-5,7-10,17,24H,6,11-16,18-20H2. The fourth-order valence-electron chi connectivity index (χ4n) is 4.59. The first-order chi connectivity index (χ1) is 15.9. The number of ether oxygens (including phenoxy) is 2. The first kappa shape index (κ1) is 21.7. The maximum atomic E-state index is 6.30. The van der Waals surface area contributed by atoms with Gasteiger partial charge in [-0.3, -0.25) is 14.8 Å². The molecule has 0 bridgehead atoms. The molecule has 0 spiro atoms. The molecule has 3 aliphatic heterocycles. The summed E-state index contributed by atoms with van der Waals surface area (Å²) in [6, 6.07) is 10.6. The number of morpholine rings is 1. The Morgan fingerprint density at radius 3 is 2.75 bits per heavy atom. The van der Waals surface area contributed by atoms with Crippen molar-refractivity contribution < 1.29 is 9.47 Å². The highest BCUT2D eigenvalue weighted by molar-refractivity contribution is 7.99. The minimum absolute atomic E-state index is 0.188. The third kappa shape index (κ3) is 5.26. The average molecular weight is 450 g/mol. The lowest BCUT2D eigenvalue weighted by atomic mass is 9.85. The highest BCUT2D eigenvalue weighted by atomic mass is 32.2. The summed E-state index contributed by atoms with van der Waals surface area (Å²) < 4.78 is 11.8. The van der Waals surface area contributed by atoms with E-state index in [-0.39, 0.29) is 5.92 Å². The van der Waals surface area contributed by atoms with Gasteiger partial charge >= 0.3 is 0 Å². The SMILES string of the molecule is C1=CN=C2C3=C(C=C(CSc4ccccc4)C2C=C1)CN(CCCN1CCOCC1)CO3. The molecule has 0 aromatic heterocycles. The summed E-state index contributed by atoms with van der Waals surface area (Å²) in [6.07, 6.45) is 11.8. The summed E-state index contributed by atoms with van der Waals surface area (Å²) in [4.78, 5) is 11.0. The van der Waals surface area contributed by atoms with Gasteiger partial charge in [0.1, 0.15) is 12.5 Å². The van der Waals surface area contributed by atoms with Crippen molar-refractivity contribution in [2.75, 3.05) is 58.4 Å². The van der Waals surface area contributed by atoms with E-state index in [1.165, 1.54) is 16.0 Å². The van der Waals surface area contributed by atoms with Gasteiger partial charge in [0.25, 0.3) is 0 Å². The Morgan fingerprint density at radius 2 is 1.88 bits per heavy atom. The van der Waals surface area contributed by atoms with Gasteiger partial charge in [-0.25, -0.2) is 0 Å². The smallest absolute Gasteiger partial charge is 0.148 e. The van der Waals surface area contributed by atoms with Crippen molar-refractivity contribution in [1.82, 2.24) is 9.80 Å². The molecule has 1 aromatic carbocycles. The fourth-order valence-corrected chi connectivity index (χ4v) is 5.54. The Bertz CT molecular complexity index is 945. The van der Waals surface area contributed by atoms with E-state index in [2.05, 4.69) is 58.4 Å². The molecule has 3 heterocycles. The third-order valence-electron chi connectivity index (χ3n) is 6.28. The zero-order valence-electron chi connectivity index (χ0n) is 18.5. The summed E-state index contributed by atoms with van der Waals surface area (Å²) >= 11 is 1.89. The van der Waals surface area contributed by atoms with E-state index in [0.717, 1.165) is 69.6 Å². The van der Waals surface area contributed by atoms with Crippen LogP contribution in [-0.2, 0) is 9.47 Å². The van der Waals surface area contributed by atoms with Crippen LogP contribution in [0.5, 0.6) is 0 Å². The average Bonchev–Trinajstić information content (AvgIpc) is 3.10. The minimum atomic E-state index is 0.188. The van der Waals surface area contributed by atoms with Gasteiger partial charge in [-0.2, -0.15) is 0 Å². The lowest BCUT2D eigenvalue weighted by molar-refractivity contribution is 0.0310. The van der Waals surface area contributed by atoms with Crippen LogP contribution in [0.3, 0.4) is 0 Å². The molecule has 0 saturated carbocycles. The number of nitrogens with zero attached hydrogens (tertiary/aromatic N) is 3. The van der Waals surface area contributed by atoms with Gasteiger partial charge < -0.3 is 9.47 Å². The van der Waals surface area contributed by atoms with Crippen molar-refractivity contribution in [2.45, 2.75) is 11.3 Å². The normalized spacial score (nSPS) is 23.7. The van der Waals surface area contributed by atoms with Gasteiger partial charge in [0, 0.05) is 54.5 Å². The van der Waals surface area contributed by atoms with E-state index in [1.54, 1.807) is 0 Å². The van der Waals surface area contributed by atoms with E-state index in [9.17, 15) is 0 Å². The molecule has 6 heteroatoms. The molecular weight excluding hydrogens is 418 g/mol. The molecule has 1 fully saturated rings. The second-order valence-electron chi connectivity index (χ2n) is 8.53. The molecule has 0 N–H and O–H groups in total. The Morgan fingerprint density at radius 1 is 1.03 bits per heavy atom. The van der Waals surface area contributed by atoms with Gasteiger partial charge in [-0.1, -0.05) is 36.4 Å². The van der Waals surface area contributed by atoms with E-state index >= 15 is 0 Å². The van der Waals surface area contributed by atoms with Crippen LogP contribution in [0.25, 0.3) is 0 Å². The molecule has 5 rings (SSSR count). The first-order valence-electron chi connectivity index (χ1n) is 11.5. The number of thioether (sulfide) groups is 1. The van der Waals surface area contributed by atoms with Crippen molar-refractivity contribution in [2.24, 2.45) is 10.9 Å². The van der Waals surface area contributed by atoms with Gasteiger partial charge in [-0.15, -0.1) is 11.8 Å². The Labute approximate surface area is 195 Å². The molecular formula is C26H31N3O2S. The number of hydrogen-bond donors (Lipinski definition) is 0. The monoisotopic (exact) mass is 449 g/mol. The zero-order valence-corrected chi connectivity index (χ0v) is 19.3. The predicted molar refractivity (Wildman–Crippen MR) is 131 cm³/mol. The van der Waals surface area contributed by atoms with Crippen molar-refractivity contribution in [3.8, 4) is 0 Å². The number of allylic oxidation sites excluding steroid dienone is 4. The van der Waals surface area contributed by atoms with Crippen LogP contribution in [-0.4, -0.2) is 73.9 Å². The molecule has 0 radical (unpaired) electrons. The quantitative estimate of drug-likeness (QED) is 0.585. The van der Waals surface area contributed by atoms with Gasteiger partial charge in [0.15, 0.2) is 0 Å². The lowest BCUT2D eigenvalue weighted by Crippen LogP contribution is -2.41. The molecule has 1 atom stereocenters. The Hall–Kier alpha value is -2.12. The molecule has 0 amide bonds. The fraction of sp³-hybridized carbons (Fsp3) is 0.423. The minimum Gasteiger partial charge on any atom is -0.476 e. The van der Waals surface area contributed by atoms with E-state index < -0.39 is 0 Å². The highest BCUT2D eigenvalue weighted by Gasteiger charge is 2.33. The van der Waals surface area contributed by atoms with Crippen molar-refractivity contribution in [1.29, 1.82) is 0 Å².